The Hall–Kier alpha value is -0.510. The summed E-state index contributed by atoms with van der Waals surface area (Å²) in [6, 6.07) is 0.495. The van der Waals surface area contributed by atoms with Crippen LogP contribution in [0.5, 0.6) is 0 Å². The Bertz CT molecular complexity index is 390. The molecular weight excluding hydrogens is 278 g/mol. The van der Waals surface area contributed by atoms with E-state index in [1.165, 1.54) is 25.7 Å². The SMILES string of the molecule is Cc1nn(C2CCC(C(C)C)CC2)c(N)c1Br. The van der Waals surface area contributed by atoms with Gasteiger partial charge < -0.3 is 5.73 Å². The van der Waals surface area contributed by atoms with E-state index in [1.807, 2.05) is 11.6 Å². The molecule has 0 bridgehead atoms. The van der Waals surface area contributed by atoms with Crippen LogP contribution < -0.4 is 5.73 Å². The zero-order valence-electron chi connectivity index (χ0n) is 10.9. The summed E-state index contributed by atoms with van der Waals surface area (Å²) in [5.74, 6) is 2.47. The van der Waals surface area contributed by atoms with Crippen molar-refractivity contribution in [2.75, 3.05) is 5.73 Å². The number of aromatic nitrogens is 2. The molecule has 0 spiro atoms. The fourth-order valence-electron chi connectivity index (χ4n) is 2.84. The minimum Gasteiger partial charge on any atom is -0.383 e. The number of rotatable bonds is 2. The lowest BCUT2D eigenvalue weighted by atomic mass is 9.80. The van der Waals surface area contributed by atoms with Crippen LogP contribution in [0.4, 0.5) is 5.82 Å². The molecule has 2 rings (SSSR count). The second kappa shape index (κ2) is 5.01. The molecule has 1 aliphatic carbocycles. The van der Waals surface area contributed by atoms with Gasteiger partial charge in [-0.1, -0.05) is 13.8 Å². The summed E-state index contributed by atoms with van der Waals surface area (Å²) >= 11 is 3.49. The number of halogens is 1. The molecular formula is C13H22BrN3. The highest BCUT2D eigenvalue weighted by molar-refractivity contribution is 9.10. The van der Waals surface area contributed by atoms with E-state index in [0.717, 1.165) is 27.8 Å². The molecule has 0 saturated heterocycles. The van der Waals surface area contributed by atoms with E-state index >= 15 is 0 Å². The molecule has 1 fully saturated rings. The Labute approximate surface area is 112 Å². The summed E-state index contributed by atoms with van der Waals surface area (Å²) in [5.41, 5.74) is 7.08. The van der Waals surface area contributed by atoms with E-state index in [-0.39, 0.29) is 0 Å². The van der Waals surface area contributed by atoms with Gasteiger partial charge in [0.1, 0.15) is 5.82 Å². The summed E-state index contributed by atoms with van der Waals surface area (Å²) in [6.07, 6.45) is 5.03. The molecule has 1 heterocycles. The smallest absolute Gasteiger partial charge is 0.136 e. The Balaban J connectivity index is 2.08. The Morgan fingerprint density at radius 1 is 1.29 bits per heavy atom. The molecule has 2 N–H and O–H groups in total. The number of aryl methyl sites for hydroxylation is 1. The topological polar surface area (TPSA) is 43.8 Å². The van der Waals surface area contributed by atoms with E-state index in [0.29, 0.717) is 6.04 Å². The van der Waals surface area contributed by atoms with Crippen molar-refractivity contribution in [2.45, 2.75) is 52.5 Å². The van der Waals surface area contributed by atoms with Gasteiger partial charge in [-0.25, -0.2) is 4.68 Å². The third-order valence-electron chi connectivity index (χ3n) is 4.08. The van der Waals surface area contributed by atoms with Gasteiger partial charge >= 0.3 is 0 Å². The van der Waals surface area contributed by atoms with Crippen molar-refractivity contribution in [3.63, 3.8) is 0 Å². The van der Waals surface area contributed by atoms with Gasteiger partial charge in [-0.2, -0.15) is 5.10 Å². The van der Waals surface area contributed by atoms with Crippen LogP contribution in [0.2, 0.25) is 0 Å². The van der Waals surface area contributed by atoms with Gasteiger partial charge in [-0.3, -0.25) is 0 Å². The lowest BCUT2D eigenvalue weighted by Gasteiger charge is -2.31. The van der Waals surface area contributed by atoms with Crippen LogP contribution in [0.3, 0.4) is 0 Å². The number of nitrogen functional groups attached to an aromatic ring is 1. The van der Waals surface area contributed by atoms with Crippen molar-refractivity contribution >= 4 is 21.7 Å². The van der Waals surface area contributed by atoms with Crippen LogP contribution in [0.1, 0.15) is 51.3 Å². The highest BCUT2D eigenvalue weighted by Crippen LogP contribution is 2.38. The third kappa shape index (κ3) is 2.51. The second-order valence-electron chi connectivity index (χ2n) is 5.54. The summed E-state index contributed by atoms with van der Waals surface area (Å²) in [7, 11) is 0. The summed E-state index contributed by atoms with van der Waals surface area (Å²) < 4.78 is 2.99. The molecule has 4 heteroatoms. The molecule has 0 atom stereocenters. The number of hydrogen-bond acceptors (Lipinski definition) is 2. The fourth-order valence-corrected chi connectivity index (χ4v) is 3.10. The third-order valence-corrected chi connectivity index (χ3v) is 5.06. The average Bonchev–Trinajstić information content (AvgIpc) is 2.57. The van der Waals surface area contributed by atoms with Crippen LogP contribution >= 0.6 is 15.9 Å². The maximum absolute atomic E-state index is 6.08. The summed E-state index contributed by atoms with van der Waals surface area (Å²) in [5, 5.41) is 4.55. The monoisotopic (exact) mass is 299 g/mol. The van der Waals surface area contributed by atoms with E-state index in [2.05, 4.69) is 34.9 Å². The number of anilines is 1. The van der Waals surface area contributed by atoms with Crippen LogP contribution in [0.25, 0.3) is 0 Å². The molecule has 1 aliphatic rings. The molecule has 0 aliphatic heterocycles. The van der Waals surface area contributed by atoms with Crippen LogP contribution in [0, 0.1) is 18.8 Å². The molecule has 3 nitrogen and oxygen atoms in total. The van der Waals surface area contributed by atoms with E-state index in [4.69, 9.17) is 5.73 Å². The molecule has 0 radical (unpaired) electrons. The van der Waals surface area contributed by atoms with Gasteiger partial charge in [-0.15, -0.1) is 0 Å². The lowest BCUT2D eigenvalue weighted by molar-refractivity contribution is 0.218. The summed E-state index contributed by atoms with van der Waals surface area (Å²) in [6.45, 7) is 6.65. The molecule has 0 unspecified atom stereocenters. The Morgan fingerprint density at radius 3 is 2.29 bits per heavy atom. The molecule has 1 aromatic heterocycles. The van der Waals surface area contributed by atoms with Gasteiger partial charge in [0.2, 0.25) is 0 Å². The molecule has 1 saturated carbocycles. The Kier molecular flexibility index (Phi) is 3.81. The largest absolute Gasteiger partial charge is 0.383 e. The minimum absolute atomic E-state index is 0.495. The molecule has 96 valence electrons. The zero-order chi connectivity index (χ0) is 12.6. The van der Waals surface area contributed by atoms with Crippen molar-refractivity contribution in [1.82, 2.24) is 9.78 Å². The molecule has 17 heavy (non-hydrogen) atoms. The highest BCUT2D eigenvalue weighted by Gasteiger charge is 2.26. The van der Waals surface area contributed by atoms with Gasteiger partial charge in [0, 0.05) is 0 Å². The van der Waals surface area contributed by atoms with E-state index in [9.17, 15) is 0 Å². The molecule has 1 aromatic rings. The van der Waals surface area contributed by atoms with Crippen molar-refractivity contribution in [2.24, 2.45) is 11.8 Å². The van der Waals surface area contributed by atoms with Gasteiger partial charge in [0.05, 0.1) is 16.2 Å². The van der Waals surface area contributed by atoms with E-state index < -0.39 is 0 Å². The Morgan fingerprint density at radius 2 is 1.88 bits per heavy atom. The van der Waals surface area contributed by atoms with Crippen LogP contribution in [0.15, 0.2) is 4.47 Å². The minimum atomic E-state index is 0.495. The number of hydrogen-bond donors (Lipinski definition) is 1. The maximum Gasteiger partial charge on any atom is 0.136 e. The van der Waals surface area contributed by atoms with Crippen LogP contribution in [-0.4, -0.2) is 9.78 Å². The molecule has 0 aromatic carbocycles. The van der Waals surface area contributed by atoms with Crippen molar-refractivity contribution in [3.8, 4) is 0 Å². The van der Waals surface area contributed by atoms with Crippen LogP contribution in [-0.2, 0) is 0 Å². The predicted octanol–water partition coefficient (Wildman–Crippen LogP) is 3.92. The summed E-state index contributed by atoms with van der Waals surface area (Å²) in [4.78, 5) is 0. The lowest BCUT2D eigenvalue weighted by Crippen LogP contribution is -2.22. The first kappa shape index (κ1) is 12.9. The second-order valence-corrected chi connectivity index (χ2v) is 6.33. The van der Waals surface area contributed by atoms with Gasteiger partial charge in [0.15, 0.2) is 0 Å². The zero-order valence-corrected chi connectivity index (χ0v) is 12.5. The van der Waals surface area contributed by atoms with Crippen molar-refractivity contribution in [1.29, 1.82) is 0 Å². The normalized spacial score (nSPS) is 25.5. The number of nitrogens with two attached hydrogens (primary N) is 1. The highest BCUT2D eigenvalue weighted by atomic mass is 79.9. The first-order valence-corrected chi connectivity index (χ1v) is 7.30. The maximum atomic E-state index is 6.08. The number of nitrogens with zero attached hydrogens (tertiary/aromatic N) is 2. The standard InChI is InChI=1S/C13H22BrN3/c1-8(2)10-4-6-11(7-5-10)17-13(15)12(14)9(3)16-17/h8,10-11H,4-7,15H2,1-3H3. The van der Waals surface area contributed by atoms with Gasteiger partial charge in [-0.05, 0) is 60.4 Å². The average molecular weight is 300 g/mol. The quantitative estimate of drug-likeness (QED) is 0.899. The fraction of sp³-hybridized carbons (Fsp3) is 0.769. The van der Waals surface area contributed by atoms with Crippen molar-refractivity contribution < 1.29 is 0 Å². The van der Waals surface area contributed by atoms with Crippen molar-refractivity contribution in [3.05, 3.63) is 10.2 Å². The molecule has 0 amide bonds. The first-order chi connectivity index (χ1) is 8.00. The first-order valence-electron chi connectivity index (χ1n) is 6.50. The van der Waals surface area contributed by atoms with E-state index in [1.54, 1.807) is 0 Å². The van der Waals surface area contributed by atoms with Gasteiger partial charge in [0.25, 0.3) is 0 Å². The predicted molar refractivity (Wildman–Crippen MR) is 74.9 cm³/mol.